The van der Waals surface area contributed by atoms with Gasteiger partial charge in [-0.3, -0.25) is 0 Å². The minimum Gasteiger partial charge on any atom is -0.388 e. The van der Waals surface area contributed by atoms with E-state index in [9.17, 15) is 23.4 Å². The number of hydrogen-bond acceptors (Lipinski definition) is 4. The summed E-state index contributed by atoms with van der Waals surface area (Å²) in [7, 11) is 0. The van der Waals surface area contributed by atoms with Crippen molar-refractivity contribution in [2.75, 3.05) is 0 Å². The molecule has 1 aromatic carbocycles. The minimum atomic E-state index is -4.91. The Labute approximate surface area is 131 Å². The Hall–Kier alpha value is -1.60. The fourth-order valence-corrected chi connectivity index (χ4v) is 3.15. The number of oxime groups is 1. The first-order chi connectivity index (χ1) is 10.8. The van der Waals surface area contributed by atoms with E-state index in [-0.39, 0.29) is 11.6 Å². The minimum absolute atomic E-state index is 0.0340. The van der Waals surface area contributed by atoms with Crippen LogP contribution < -0.4 is 0 Å². The van der Waals surface area contributed by atoms with Crippen molar-refractivity contribution in [2.45, 2.75) is 50.2 Å². The molecule has 2 N–H and O–H groups in total. The lowest BCUT2D eigenvalue weighted by atomic mass is 9.93. The molecule has 0 radical (unpaired) electrons. The molecule has 2 atom stereocenters. The van der Waals surface area contributed by atoms with Gasteiger partial charge in [-0.05, 0) is 29.9 Å². The van der Waals surface area contributed by atoms with Gasteiger partial charge in [0.2, 0.25) is 0 Å². The van der Waals surface area contributed by atoms with Crippen molar-refractivity contribution in [3.8, 4) is 0 Å². The average Bonchev–Trinajstić information content (AvgIpc) is 3.16. The van der Waals surface area contributed by atoms with Gasteiger partial charge in [-0.2, -0.15) is 13.2 Å². The number of nitrogens with zero attached hydrogens (tertiary/aromatic N) is 1. The van der Waals surface area contributed by atoms with Crippen molar-refractivity contribution < 1.29 is 28.2 Å². The Kier molecular flexibility index (Phi) is 4.10. The molecule has 7 heteroatoms. The van der Waals surface area contributed by atoms with Crippen LogP contribution in [0.15, 0.2) is 29.4 Å². The highest BCUT2D eigenvalue weighted by Gasteiger charge is 2.60. The molecular formula is C16H18F3NO3. The second kappa shape index (κ2) is 5.79. The SMILES string of the molecule is OC(c1ccc(C2=NOC(O)(C(F)(F)F)C2)cc1)C1CCCC1. The van der Waals surface area contributed by atoms with E-state index >= 15 is 0 Å². The predicted molar refractivity (Wildman–Crippen MR) is 76.6 cm³/mol. The molecule has 0 spiro atoms. The summed E-state index contributed by atoms with van der Waals surface area (Å²) >= 11 is 0. The summed E-state index contributed by atoms with van der Waals surface area (Å²) in [4.78, 5) is 4.20. The van der Waals surface area contributed by atoms with Crippen LogP contribution in [0.4, 0.5) is 13.2 Å². The Morgan fingerprint density at radius 3 is 2.30 bits per heavy atom. The second-order valence-electron chi connectivity index (χ2n) is 6.20. The molecule has 4 nitrogen and oxygen atoms in total. The molecular weight excluding hydrogens is 311 g/mol. The third kappa shape index (κ3) is 3.07. The van der Waals surface area contributed by atoms with Crippen LogP contribution in [0.2, 0.25) is 0 Å². The number of hydrogen-bond donors (Lipinski definition) is 2. The van der Waals surface area contributed by atoms with Crippen LogP contribution in [0.5, 0.6) is 0 Å². The summed E-state index contributed by atoms with van der Waals surface area (Å²) in [6, 6.07) is 6.56. The standard InChI is InChI=1S/C16H18F3NO3/c17-16(18,19)15(22)9-13(20-23-15)10-5-7-12(8-6-10)14(21)11-3-1-2-4-11/h5-8,11,14,21-22H,1-4,9H2. The van der Waals surface area contributed by atoms with Gasteiger partial charge in [0, 0.05) is 0 Å². The summed E-state index contributed by atoms with van der Waals surface area (Å²) in [5, 5.41) is 23.1. The second-order valence-corrected chi connectivity index (χ2v) is 6.20. The van der Waals surface area contributed by atoms with Crippen molar-refractivity contribution >= 4 is 5.71 Å². The topological polar surface area (TPSA) is 62.1 Å². The number of rotatable bonds is 3. The van der Waals surface area contributed by atoms with Crippen LogP contribution in [0.3, 0.4) is 0 Å². The van der Waals surface area contributed by atoms with E-state index in [1.54, 1.807) is 24.3 Å². The Morgan fingerprint density at radius 1 is 1.17 bits per heavy atom. The number of alkyl halides is 3. The van der Waals surface area contributed by atoms with Crippen LogP contribution in [-0.2, 0) is 4.84 Å². The highest BCUT2D eigenvalue weighted by molar-refractivity contribution is 6.01. The van der Waals surface area contributed by atoms with Gasteiger partial charge in [0.25, 0.3) is 0 Å². The molecule has 1 heterocycles. The molecule has 1 aliphatic carbocycles. The maximum atomic E-state index is 12.7. The highest BCUT2D eigenvalue weighted by atomic mass is 19.4. The normalized spacial score (nSPS) is 26.9. The Bertz CT molecular complexity index is 594. The van der Waals surface area contributed by atoms with Crippen molar-refractivity contribution in [1.29, 1.82) is 0 Å². The fourth-order valence-electron chi connectivity index (χ4n) is 3.15. The van der Waals surface area contributed by atoms with E-state index < -0.39 is 24.5 Å². The van der Waals surface area contributed by atoms with Crippen LogP contribution in [0.25, 0.3) is 0 Å². The molecule has 0 amide bonds. The van der Waals surface area contributed by atoms with Gasteiger partial charge in [0.05, 0.1) is 18.2 Å². The van der Waals surface area contributed by atoms with E-state index in [0.717, 1.165) is 31.2 Å². The largest absolute Gasteiger partial charge is 0.458 e. The molecule has 126 valence electrons. The van der Waals surface area contributed by atoms with Gasteiger partial charge < -0.3 is 15.1 Å². The highest BCUT2D eigenvalue weighted by Crippen LogP contribution is 2.39. The van der Waals surface area contributed by atoms with Gasteiger partial charge in [0.15, 0.2) is 0 Å². The van der Waals surface area contributed by atoms with Crippen molar-refractivity contribution in [2.24, 2.45) is 11.1 Å². The number of aliphatic hydroxyl groups is 2. The lowest BCUT2D eigenvalue weighted by molar-refractivity contribution is -0.355. The van der Waals surface area contributed by atoms with Gasteiger partial charge in [0.1, 0.15) is 0 Å². The monoisotopic (exact) mass is 329 g/mol. The van der Waals surface area contributed by atoms with Gasteiger partial charge in [-0.1, -0.05) is 42.3 Å². The Balaban J connectivity index is 1.71. The summed E-state index contributed by atoms with van der Waals surface area (Å²) in [5.74, 6) is -3.02. The number of halogens is 3. The van der Waals surface area contributed by atoms with Gasteiger partial charge in [-0.25, -0.2) is 0 Å². The quantitative estimate of drug-likeness (QED) is 0.894. The summed E-state index contributed by atoms with van der Waals surface area (Å²) in [5.41, 5.74) is 1.21. The van der Waals surface area contributed by atoms with Gasteiger partial charge >= 0.3 is 12.0 Å². The molecule has 3 rings (SSSR count). The molecule has 2 aliphatic rings. The average molecular weight is 329 g/mol. The summed E-state index contributed by atoms with van der Waals surface area (Å²) in [6.45, 7) is 0. The summed E-state index contributed by atoms with van der Waals surface area (Å²) in [6.07, 6.45) is -2.00. The maximum Gasteiger partial charge on any atom is 0.458 e. The van der Waals surface area contributed by atoms with Crippen molar-refractivity contribution in [3.05, 3.63) is 35.4 Å². The first-order valence-corrected chi connectivity index (χ1v) is 7.63. The van der Waals surface area contributed by atoms with Crippen LogP contribution in [0.1, 0.15) is 49.3 Å². The first kappa shape index (κ1) is 16.3. The zero-order valence-electron chi connectivity index (χ0n) is 12.4. The van der Waals surface area contributed by atoms with Crippen LogP contribution in [0, 0.1) is 5.92 Å². The first-order valence-electron chi connectivity index (χ1n) is 7.63. The molecule has 0 aromatic heterocycles. The fraction of sp³-hybridized carbons (Fsp3) is 0.562. The molecule has 0 bridgehead atoms. The lowest BCUT2D eigenvalue weighted by Crippen LogP contribution is -2.45. The van der Waals surface area contributed by atoms with Gasteiger partial charge in [-0.15, -0.1) is 0 Å². The van der Waals surface area contributed by atoms with E-state index in [1.807, 2.05) is 0 Å². The molecule has 1 aromatic rings. The zero-order chi connectivity index (χ0) is 16.7. The number of benzene rings is 1. The smallest absolute Gasteiger partial charge is 0.388 e. The third-order valence-corrected chi connectivity index (χ3v) is 4.59. The van der Waals surface area contributed by atoms with Crippen molar-refractivity contribution in [1.82, 2.24) is 0 Å². The van der Waals surface area contributed by atoms with E-state index in [2.05, 4.69) is 9.99 Å². The maximum absolute atomic E-state index is 12.7. The van der Waals surface area contributed by atoms with Crippen LogP contribution >= 0.6 is 0 Å². The van der Waals surface area contributed by atoms with E-state index in [1.165, 1.54) is 0 Å². The molecule has 1 aliphatic heterocycles. The summed E-state index contributed by atoms with van der Waals surface area (Å²) < 4.78 is 38.1. The molecule has 0 saturated heterocycles. The molecule has 23 heavy (non-hydrogen) atoms. The lowest BCUT2D eigenvalue weighted by Gasteiger charge is -2.22. The zero-order valence-corrected chi connectivity index (χ0v) is 12.4. The van der Waals surface area contributed by atoms with E-state index in [0.29, 0.717) is 5.56 Å². The molecule has 2 unspecified atom stereocenters. The molecule has 1 saturated carbocycles. The predicted octanol–water partition coefficient (Wildman–Crippen LogP) is 3.29. The van der Waals surface area contributed by atoms with Crippen LogP contribution in [-0.4, -0.2) is 27.9 Å². The Morgan fingerprint density at radius 2 is 1.78 bits per heavy atom. The van der Waals surface area contributed by atoms with Crippen molar-refractivity contribution in [3.63, 3.8) is 0 Å². The number of aliphatic hydroxyl groups excluding tert-OH is 1. The van der Waals surface area contributed by atoms with E-state index in [4.69, 9.17) is 0 Å². The molecule has 1 fully saturated rings. The third-order valence-electron chi connectivity index (χ3n) is 4.59.